The van der Waals surface area contributed by atoms with Crippen LogP contribution in [-0.2, 0) is 6.42 Å². The number of thiazole rings is 1. The highest BCUT2D eigenvalue weighted by molar-refractivity contribution is 9.11. The quantitative estimate of drug-likeness (QED) is 0.664. The first-order chi connectivity index (χ1) is 10.3. The molecule has 0 saturated carbocycles. The van der Waals surface area contributed by atoms with Crippen LogP contribution in [0.1, 0.15) is 16.6 Å². The lowest BCUT2D eigenvalue weighted by molar-refractivity contribution is 0.592. The molecule has 0 fully saturated rings. The Morgan fingerprint density at radius 3 is 2.67 bits per heavy atom. The Balaban J connectivity index is 1.77. The van der Waals surface area contributed by atoms with Gasteiger partial charge in [0.2, 0.25) is 0 Å². The topological polar surface area (TPSA) is 24.9 Å². The fourth-order valence-electron chi connectivity index (χ4n) is 2.21. The molecule has 0 aliphatic carbocycles. The van der Waals surface area contributed by atoms with Gasteiger partial charge in [0.1, 0.15) is 0 Å². The van der Waals surface area contributed by atoms with Crippen LogP contribution in [0.3, 0.4) is 0 Å². The van der Waals surface area contributed by atoms with Gasteiger partial charge in [-0.3, -0.25) is 0 Å². The van der Waals surface area contributed by atoms with E-state index in [-0.39, 0.29) is 0 Å². The second kappa shape index (κ2) is 6.83. The van der Waals surface area contributed by atoms with Gasteiger partial charge in [0.15, 0.2) is 0 Å². The number of hydrogen-bond acceptors (Lipinski definition) is 4. The van der Waals surface area contributed by atoms with Crippen molar-refractivity contribution in [3.63, 3.8) is 0 Å². The highest BCUT2D eigenvalue weighted by Crippen LogP contribution is 2.29. The summed E-state index contributed by atoms with van der Waals surface area (Å²) in [5.41, 5.74) is 3.56. The first-order valence-electron chi connectivity index (χ1n) is 6.67. The van der Waals surface area contributed by atoms with E-state index in [0.29, 0.717) is 6.04 Å². The molecule has 0 aliphatic heterocycles. The van der Waals surface area contributed by atoms with Gasteiger partial charge >= 0.3 is 0 Å². The lowest BCUT2D eigenvalue weighted by Crippen LogP contribution is -2.18. The van der Waals surface area contributed by atoms with Crippen LogP contribution in [0.25, 0.3) is 11.3 Å². The Bertz CT molecular complexity index is 706. The third-order valence-corrected chi connectivity index (χ3v) is 5.73. The molecule has 2 nitrogen and oxygen atoms in total. The van der Waals surface area contributed by atoms with Crippen molar-refractivity contribution >= 4 is 38.6 Å². The van der Waals surface area contributed by atoms with Crippen molar-refractivity contribution in [2.75, 3.05) is 7.05 Å². The van der Waals surface area contributed by atoms with Crippen molar-refractivity contribution in [2.45, 2.75) is 12.5 Å². The monoisotopic (exact) mass is 378 g/mol. The average Bonchev–Trinajstić information content (AvgIpc) is 3.15. The second-order valence-electron chi connectivity index (χ2n) is 4.72. The summed E-state index contributed by atoms with van der Waals surface area (Å²) in [4.78, 5) is 4.77. The van der Waals surface area contributed by atoms with Crippen molar-refractivity contribution in [1.29, 1.82) is 0 Å². The Morgan fingerprint density at radius 2 is 2.00 bits per heavy atom. The summed E-state index contributed by atoms with van der Waals surface area (Å²) in [5.74, 6) is 0. The predicted octanol–water partition coefficient (Wildman–Crippen LogP) is 5.14. The number of benzene rings is 1. The number of aromatic nitrogens is 1. The highest BCUT2D eigenvalue weighted by Gasteiger charge is 2.14. The van der Waals surface area contributed by atoms with Crippen LogP contribution in [0.15, 0.2) is 50.9 Å². The van der Waals surface area contributed by atoms with E-state index in [0.717, 1.165) is 17.1 Å². The number of nitrogens with one attached hydrogen (secondary N) is 1. The molecule has 2 heterocycles. The summed E-state index contributed by atoms with van der Waals surface area (Å²) in [6.07, 6.45) is 0.914. The van der Waals surface area contributed by atoms with Gasteiger partial charge in [0.05, 0.1) is 14.5 Å². The van der Waals surface area contributed by atoms with Crippen molar-refractivity contribution in [3.05, 3.63) is 61.5 Å². The van der Waals surface area contributed by atoms with E-state index in [1.54, 1.807) is 22.7 Å². The molecule has 3 rings (SSSR count). The van der Waals surface area contributed by atoms with Gasteiger partial charge < -0.3 is 5.32 Å². The molecule has 1 unspecified atom stereocenters. The zero-order chi connectivity index (χ0) is 14.7. The molecule has 21 heavy (non-hydrogen) atoms. The molecular weight excluding hydrogens is 364 g/mol. The van der Waals surface area contributed by atoms with Crippen LogP contribution in [-0.4, -0.2) is 12.0 Å². The molecule has 0 radical (unpaired) electrons. The molecular formula is C16H15BrN2S2. The first-order valence-corrected chi connectivity index (χ1v) is 9.22. The molecule has 3 aromatic rings. The van der Waals surface area contributed by atoms with Crippen LogP contribution in [0, 0.1) is 0 Å². The lowest BCUT2D eigenvalue weighted by atomic mass is 10.1. The number of nitrogens with zero attached hydrogens (tertiary/aromatic N) is 1. The molecule has 0 bridgehead atoms. The summed E-state index contributed by atoms with van der Waals surface area (Å²) in [7, 11) is 2.00. The van der Waals surface area contributed by atoms with E-state index in [4.69, 9.17) is 4.98 Å². The molecule has 1 N–H and O–H groups in total. The van der Waals surface area contributed by atoms with Gasteiger partial charge in [-0.05, 0) is 40.0 Å². The van der Waals surface area contributed by atoms with Gasteiger partial charge in [-0.15, -0.1) is 22.7 Å². The molecule has 0 amide bonds. The second-order valence-corrected chi connectivity index (χ2v) is 7.96. The normalized spacial score (nSPS) is 12.5. The largest absolute Gasteiger partial charge is 0.313 e. The van der Waals surface area contributed by atoms with E-state index < -0.39 is 0 Å². The summed E-state index contributed by atoms with van der Waals surface area (Å²) in [5, 5.41) is 8.88. The fraction of sp³-hybridized carbons (Fsp3) is 0.188. The third-order valence-electron chi connectivity index (χ3n) is 3.34. The first kappa shape index (κ1) is 14.9. The molecule has 5 heteroatoms. The predicted molar refractivity (Wildman–Crippen MR) is 95.1 cm³/mol. The van der Waals surface area contributed by atoms with Crippen molar-refractivity contribution in [2.24, 2.45) is 0 Å². The fourth-order valence-corrected chi connectivity index (χ4v) is 4.29. The van der Waals surface area contributed by atoms with Gasteiger partial charge in [0.25, 0.3) is 0 Å². The molecule has 1 atom stereocenters. The summed E-state index contributed by atoms with van der Waals surface area (Å²) < 4.78 is 1.17. The van der Waals surface area contributed by atoms with E-state index in [9.17, 15) is 0 Å². The third kappa shape index (κ3) is 3.61. The van der Waals surface area contributed by atoms with Crippen LogP contribution in [0.5, 0.6) is 0 Å². The summed E-state index contributed by atoms with van der Waals surface area (Å²) in [6, 6.07) is 12.8. The van der Waals surface area contributed by atoms with Gasteiger partial charge in [-0.2, -0.15) is 0 Å². The van der Waals surface area contributed by atoms with E-state index in [1.165, 1.54) is 14.9 Å². The van der Waals surface area contributed by atoms with E-state index in [2.05, 4.69) is 50.2 Å². The average molecular weight is 379 g/mol. The lowest BCUT2D eigenvalue weighted by Gasteiger charge is -2.12. The molecule has 0 spiro atoms. The standard InChI is InChI=1S/C16H15BrN2S2/c1-18-13(12-7-15(17)20-9-12)8-16-19-14(10-21-16)11-5-3-2-4-6-11/h2-7,9-10,13,18H,8H2,1H3. The molecule has 0 aliphatic rings. The van der Waals surface area contributed by atoms with Crippen molar-refractivity contribution in [3.8, 4) is 11.3 Å². The van der Waals surface area contributed by atoms with Crippen LogP contribution < -0.4 is 5.32 Å². The van der Waals surface area contributed by atoms with E-state index >= 15 is 0 Å². The zero-order valence-corrected chi connectivity index (χ0v) is 14.8. The zero-order valence-electron chi connectivity index (χ0n) is 11.5. The summed E-state index contributed by atoms with van der Waals surface area (Å²) in [6.45, 7) is 0. The van der Waals surface area contributed by atoms with Gasteiger partial charge in [0, 0.05) is 23.4 Å². The minimum atomic E-state index is 0.308. The molecule has 0 saturated heterocycles. The minimum Gasteiger partial charge on any atom is -0.313 e. The van der Waals surface area contributed by atoms with Crippen LogP contribution in [0.4, 0.5) is 0 Å². The van der Waals surface area contributed by atoms with Crippen molar-refractivity contribution in [1.82, 2.24) is 10.3 Å². The van der Waals surface area contributed by atoms with E-state index in [1.807, 2.05) is 25.2 Å². The SMILES string of the molecule is CNC(Cc1nc(-c2ccccc2)cs1)c1csc(Br)c1. The maximum absolute atomic E-state index is 4.77. The molecule has 2 aromatic heterocycles. The summed E-state index contributed by atoms with van der Waals surface area (Å²) >= 11 is 6.98. The number of likely N-dealkylation sites (N-methyl/N-ethyl adjacent to an activating group) is 1. The molecule has 1 aromatic carbocycles. The maximum atomic E-state index is 4.77. The van der Waals surface area contributed by atoms with Gasteiger partial charge in [-0.25, -0.2) is 4.98 Å². The highest BCUT2D eigenvalue weighted by atomic mass is 79.9. The number of thiophene rings is 1. The number of hydrogen-bond donors (Lipinski definition) is 1. The Kier molecular flexibility index (Phi) is 4.85. The van der Waals surface area contributed by atoms with Gasteiger partial charge in [-0.1, -0.05) is 30.3 Å². The number of rotatable bonds is 5. The number of halogens is 1. The van der Waals surface area contributed by atoms with Crippen molar-refractivity contribution < 1.29 is 0 Å². The smallest absolute Gasteiger partial charge is 0.0951 e. The Labute approximate surface area is 141 Å². The Morgan fingerprint density at radius 1 is 1.19 bits per heavy atom. The minimum absolute atomic E-state index is 0.308. The van der Waals surface area contributed by atoms with Crippen LogP contribution >= 0.6 is 38.6 Å². The molecule has 108 valence electrons. The Hall–Kier alpha value is -1.01. The van der Waals surface area contributed by atoms with Crippen LogP contribution in [0.2, 0.25) is 0 Å². The maximum Gasteiger partial charge on any atom is 0.0951 e.